The van der Waals surface area contributed by atoms with Gasteiger partial charge in [0.2, 0.25) is 5.91 Å². The van der Waals surface area contributed by atoms with Crippen LogP contribution in [0.5, 0.6) is 0 Å². The molecule has 0 spiro atoms. The Morgan fingerprint density at radius 3 is 2.94 bits per heavy atom. The van der Waals surface area contributed by atoms with Gasteiger partial charge in [-0.3, -0.25) is 14.5 Å². The van der Waals surface area contributed by atoms with Gasteiger partial charge in [-0.25, -0.2) is 4.98 Å². The van der Waals surface area contributed by atoms with Crippen molar-refractivity contribution >= 4 is 33.6 Å². The van der Waals surface area contributed by atoms with Crippen molar-refractivity contribution in [1.82, 2.24) is 4.98 Å². The summed E-state index contributed by atoms with van der Waals surface area (Å²) in [7, 11) is 1.33. The number of carbonyl (C=O) groups excluding carboxylic acids is 2. The molecule has 0 aliphatic carbocycles. The quantitative estimate of drug-likeness (QED) is 0.616. The van der Waals surface area contributed by atoms with Crippen LogP contribution >= 0.6 is 15.9 Å². The normalized spacial score (nSPS) is 19.2. The zero-order chi connectivity index (χ0) is 13.3. The van der Waals surface area contributed by atoms with Gasteiger partial charge in [-0.1, -0.05) is 6.07 Å². The predicted molar refractivity (Wildman–Crippen MR) is 69.2 cm³/mol. The summed E-state index contributed by atoms with van der Waals surface area (Å²) in [6.45, 7) is 2.21. The second-order valence-corrected chi connectivity index (χ2v) is 5.02. The minimum atomic E-state index is -0.400. The standard InChI is InChI=1S/C12H13BrN2O3/c1-7-3-4-9(13)14-11(7)15-6-8(5-10(15)16)12(17)18-2/h3-4,8H,5-6H2,1-2H3. The zero-order valence-electron chi connectivity index (χ0n) is 10.1. The van der Waals surface area contributed by atoms with Crippen molar-refractivity contribution in [3.05, 3.63) is 22.3 Å². The fraction of sp³-hybridized carbons (Fsp3) is 0.417. The van der Waals surface area contributed by atoms with Crippen LogP contribution in [0.15, 0.2) is 16.7 Å². The number of esters is 1. The first-order valence-electron chi connectivity index (χ1n) is 5.54. The average Bonchev–Trinajstić information content (AvgIpc) is 2.73. The number of carbonyl (C=O) groups is 2. The maximum absolute atomic E-state index is 11.9. The van der Waals surface area contributed by atoms with E-state index in [0.29, 0.717) is 17.0 Å². The molecule has 1 aliphatic rings. The molecule has 1 unspecified atom stereocenters. The van der Waals surface area contributed by atoms with Gasteiger partial charge in [0.25, 0.3) is 0 Å². The Kier molecular flexibility index (Phi) is 3.65. The number of anilines is 1. The lowest BCUT2D eigenvalue weighted by molar-refractivity contribution is -0.145. The molecule has 1 fully saturated rings. The van der Waals surface area contributed by atoms with Crippen LogP contribution in [0, 0.1) is 12.8 Å². The Bertz CT molecular complexity index is 504. The minimum absolute atomic E-state index is 0.0981. The molecule has 1 saturated heterocycles. The van der Waals surface area contributed by atoms with Crippen LogP contribution in [0.25, 0.3) is 0 Å². The van der Waals surface area contributed by atoms with Crippen molar-refractivity contribution in [3.8, 4) is 0 Å². The summed E-state index contributed by atoms with van der Waals surface area (Å²) in [5.41, 5.74) is 0.900. The molecule has 2 heterocycles. The number of hydrogen-bond acceptors (Lipinski definition) is 4. The molecule has 18 heavy (non-hydrogen) atoms. The molecule has 5 nitrogen and oxygen atoms in total. The molecular formula is C12H13BrN2O3. The van der Waals surface area contributed by atoms with Crippen LogP contribution in [0.4, 0.5) is 5.82 Å². The van der Waals surface area contributed by atoms with Gasteiger partial charge < -0.3 is 4.74 Å². The highest BCUT2D eigenvalue weighted by Gasteiger charge is 2.36. The molecule has 1 atom stereocenters. The molecule has 6 heteroatoms. The van der Waals surface area contributed by atoms with E-state index in [-0.39, 0.29) is 18.3 Å². The molecule has 0 bridgehead atoms. The second kappa shape index (κ2) is 5.06. The van der Waals surface area contributed by atoms with Gasteiger partial charge in [0.15, 0.2) is 0 Å². The monoisotopic (exact) mass is 312 g/mol. The van der Waals surface area contributed by atoms with Crippen LogP contribution in [-0.4, -0.2) is 30.5 Å². The fourth-order valence-electron chi connectivity index (χ4n) is 2.01. The Labute approximate surface area is 113 Å². The molecule has 2 rings (SSSR count). The maximum atomic E-state index is 11.9. The molecule has 0 aromatic carbocycles. The van der Waals surface area contributed by atoms with Crippen LogP contribution in [0.2, 0.25) is 0 Å². The van der Waals surface area contributed by atoms with Crippen molar-refractivity contribution in [3.63, 3.8) is 0 Å². The van der Waals surface area contributed by atoms with Crippen LogP contribution in [0.3, 0.4) is 0 Å². The van der Waals surface area contributed by atoms with Gasteiger partial charge in [0.1, 0.15) is 10.4 Å². The first-order valence-corrected chi connectivity index (χ1v) is 6.33. The van der Waals surface area contributed by atoms with Crippen molar-refractivity contribution in [2.45, 2.75) is 13.3 Å². The number of pyridine rings is 1. The highest BCUT2D eigenvalue weighted by atomic mass is 79.9. The first-order chi connectivity index (χ1) is 8.52. The van der Waals surface area contributed by atoms with Gasteiger partial charge in [-0.15, -0.1) is 0 Å². The molecular weight excluding hydrogens is 300 g/mol. The van der Waals surface area contributed by atoms with Gasteiger partial charge in [0.05, 0.1) is 13.0 Å². The van der Waals surface area contributed by atoms with E-state index in [1.165, 1.54) is 7.11 Å². The Hall–Kier alpha value is -1.43. The van der Waals surface area contributed by atoms with Gasteiger partial charge in [-0.2, -0.15) is 0 Å². The third-order valence-electron chi connectivity index (χ3n) is 2.95. The van der Waals surface area contributed by atoms with Crippen LogP contribution in [-0.2, 0) is 14.3 Å². The summed E-state index contributed by atoms with van der Waals surface area (Å²) >= 11 is 3.28. The molecule has 96 valence electrons. The van der Waals surface area contributed by atoms with E-state index in [0.717, 1.165) is 5.56 Å². The Morgan fingerprint density at radius 2 is 2.28 bits per heavy atom. The number of halogens is 1. The number of methoxy groups -OCH3 is 1. The van der Waals surface area contributed by atoms with Crippen molar-refractivity contribution in [1.29, 1.82) is 0 Å². The second-order valence-electron chi connectivity index (χ2n) is 4.20. The maximum Gasteiger partial charge on any atom is 0.311 e. The number of nitrogens with zero attached hydrogens (tertiary/aromatic N) is 2. The van der Waals surface area contributed by atoms with E-state index >= 15 is 0 Å². The van der Waals surface area contributed by atoms with Gasteiger partial charge >= 0.3 is 5.97 Å². The smallest absolute Gasteiger partial charge is 0.311 e. The van der Waals surface area contributed by atoms with E-state index in [1.54, 1.807) is 4.90 Å². The molecule has 1 aromatic rings. The lowest BCUT2D eigenvalue weighted by Gasteiger charge is -2.17. The topological polar surface area (TPSA) is 59.5 Å². The number of ether oxygens (including phenoxy) is 1. The largest absolute Gasteiger partial charge is 0.469 e. The van der Waals surface area contributed by atoms with Crippen LogP contribution < -0.4 is 4.90 Å². The molecule has 1 amide bonds. The average molecular weight is 313 g/mol. The third kappa shape index (κ3) is 2.38. The fourth-order valence-corrected chi connectivity index (χ4v) is 2.31. The predicted octanol–water partition coefficient (Wildman–Crippen LogP) is 1.68. The number of rotatable bonds is 2. The van der Waals surface area contributed by atoms with Gasteiger partial charge in [0, 0.05) is 13.0 Å². The summed E-state index contributed by atoms with van der Waals surface area (Å²) < 4.78 is 5.34. The molecule has 0 radical (unpaired) electrons. The number of aromatic nitrogens is 1. The van der Waals surface area contributed by atoms with E-state index in [4.69, 9.17) is 0 Å². The zero-order valence-corrected chi connectivity index (χ0v) is 11.7. The highest BCUT2D eigenvalue weighted by molar-refractivity contribution is 9.10. The molecule has 0 saturated carbocycles. The van der Waals surface area contributed by atoms with Crippen molar-refractivity contribution in [2.75, 3.05) is 18.6 Å². The van der Waals surface area contributed by atoms with Crippen molar-refractivity contribution < 1.29 is 14.3 Å². The van der Waals surface area contributed by atoms with Crippen LogP contribution in [0.1, 0.15) is 12.0 Å². The third-order valence-corrected chi connectivity index (χ3v) is 3.39. The first kappa shape index (κ1) is 13.0. The van der Waals surface area contributed by atoms with Gasteiger partial charge in [-0.05, 0) is 34.5 Å². The highest BCUT2D eigenvalue weighted by Crippen LogP contribution is 2.27. The summed E-state index contributed by atoms with van der Waals surface area (Å²) in [6, 6.07) is 3.70. The molecule has 1 aliphatic heterocycles. The SMILES string of the molecule is COC(=O)C1CC(=O)N(c2nc(Br)ccc2C)C1. The van der Waals surface area contributed by atoms with Crippen molar-refractivity contribution in [2.24, 2.45) is 5.92 Å². The lowest BCUT2D eigenvalue weighted by Crippen LogP contribution is -2.27. The molecule has 1 aromatic heterocycles. The lowest BCUT2D eigenvalue weighted by atomic mass is 10.1. The van der Waals surface area contributed by atoms with E-state index in [9.17, 15) is 9.59 Å². The Balaban J connectivity index is 2.27. The summed E-state index contributed by atoms with van der Waals surface area (Å²) in [5, 5.41) is 0. The number of hydrogen-bond donors (Lipinski definition) is 0. The van der Waals surface area contributed by atoms with E-state index in [1.807, 2.05) is 19.1 Å². The van der Waals surface area contributed by atoms with E-state index in [2.05, 4.69) is 25.7 Å². The summed E-state index contributed by atoms with van der Waals surface area (Å²) in [4.78, 5) is 29.2. The molecule has 0 N–H and O–H groups in total. The number of amides is 1. The van der Waals surface area contributed by atoms with E-state index < -0.39 is 5.92 Å². The number of aryl methyl sites for hydroxylation is 1. The summed E-state index contributed by atoms with van der Waals surface area (Å²) in [6.07, 6.45) is 0.181. The Morgan fingerprint density at radius 1 is 1.56 bits per heavy atom. The summed E-state index contributed by atoms with van der Waals surface area (Å²) in [5.74, 6) is -0.249. The minimum Gasteiger partial charge on any atom is -0.469 e.